The zero-order valence-electron chi connectivity index (χ0n) is 14.9. The second kappa shape index (κ2) is 7.70. The van der Waals surface area contributed by atoms with Gasteiger partial charge in [0.25, 0.3) is 5.56 Å². The summed E-state index contributed by atoms with van der Waals surface area (Å²) in [5.74, 6) is 0.352. The van der Waals surface area contributed by atoms with Gasteiger partial charge >= 0.3 is 5.97 Å². The standard InChI is InChI=1S/C19H20N2O4S/c1-4-24-19(23)16-13(3)15-17(26-16)20-11-21(18(15)22)8-9-25-14-7-5-6-12(2)10-14/h5-7,10-11H,4,8-9H2,1-3H3. The molecule has 0 atom stereocenters. The SMILES string of the molecule is CCOC(=O)c1sc2ncn(CCOc3cccc(C)c3)c(=O)c2c1C. The van der Waals surface area contributed by atoms with E-state index in [1.807, 2.05) is 31.2 Å². The molecule has 1 aromatic carbocycles. The Bertz CT molecular complexity index is 1010. The van der Waals surface area contributed by atoms with Gasteiger partial charge in [0.05, 0.1) is 24.9 Å². The molecule has 0 spiro atoms. The lowest BCUT2D eigenvalue weighted by Gasteiger charge is -2.08. The Kier molecular flexibility index (Phi) is 5.37. The summed E-state index contributed by atoms with van der Waals surface area (Å²) in [6, 6.07) is 7.75. The van der Waals surface area contributed by atoms with Crippen LogP contribution >= 0.6 is 11.3 Å². The Morgan fingerprint density at radius 2 is 2.12 bits per heavy atom. The van der Waals surface area contributed by atoms with E-state index >= 15 is 0 Å². The maximum atomic E-state index is 12.8. The molecule has 6 nitrogen and oxygen atoms in total. The normalized spacial score (nSPS) is 10.9. The second-order valence-corrected chi connectivity index (χ2v) is 6.86. The van der Waals surface area contributed by atoms with Crippen LogP contribution in [0.2, 0.25) is 0 Å². The molecule has 0 radical (unpaired) electrons. The molecule has 0 aliphatic heterocycles. The van der Waals surface area contributed by atoms with E-state index in [0.29, 0.717) is 40.4 Å². The van der Waals surface area contributed by atoms with Crippen molar-refractivity contribution < 1.29 is 14.3 Å². The molecule has 3 rings (SSSR count). The minimum Gasteiger partial charge on any atom is -0.492 e. The van der Waals surface area contributed by atoms with Gasteiger partial charge in [-0.3, -0.25) is 9.36 Å². The average molecular weight is 372 g/mol. The van der Waals surface area contributed by atoms with E-state index < -0.39 is 5.97 Å². The predicted molar refractivity (Wildman–Crippen MR) is 101 cm³/mol. The van der Waals surface area contributed by atoms with Crippen LogP contribution in [-0.4, -0.2) is 28.7 Å². The molecule has 0 aliphatic rings. The van der Waals surface area contributed by atoms with Gasteiger partial charge in [-0.2, -0.15) is 0 Å². The summed E-state index contributed by atoms with van der Waals surface area (Å²) in [4.78, 5) is 30.1. The summed E-state index contributed by atoms with van der Waals surface area (Å²) in [5.41, 5.74) is 1.56. The lowest BCUT2D eigenvalue weighted by molar-refractivity contribution is 0.0531. The number of aryl methyl sites for hydroxylation is 2. The van der Waals surface area contributed by atoms with Crippen LogP contribution in [0.15, 0.2) is 35.4 Å². The zero-order chi connectivity index (χ0) is 18.7. The number of fused-ring (bicyclic) bond motifs is 1. The molecule has 0 fully saturated rings. The number of aromatic nitrogens is 2. The summed E-state index contributed by atoms with van der Waals surface area (Å²) < 4.78 is 12.3. The number of nitrogens with zero attached hydrogens (tertiary/aromatic N) is 2. The number of rotatable bonds is 6. The first-order valence-corrected chi connectivity index (χ1v) is 9.18. The van der Waals surface area contributed by atoms with E-state index in [9.17, 15) is 9.59 Å². The van der Waals surface area contributed by atoms with Gasteiger partial charge in [0.1, 0.15) is 22.1 Å². The van der Waals surface area contributed by atoms with Gasteiger partial charge in [0.15, 0.2) is 0 Å². The summed E-state index contributed by atoms with van der Waals surface area (Å²) >= 11 is 1.19. The van der Waals surface area contributed by atoms with E-state index in [1.54, 1.807) is 13.8 Å². The lowest BCUT2D eigenvalue weighted by atomic mass is 10.2. The highest BCUT2D eigenvalue weighted by atomic mass is 32.1. The van der Waals surface area contributed by atoms with E-state index in [-0.39, 0.29) is 5.56 Å². The monoisotopic (exact) mass is 372 g/mol. The molecule has 136 valence electrons. The highest BCUT2D eigenvalue weighted by Crippen LogP contribution is 2.27. The Morgan fingerprint density at radius 3 is 2.85 bits per heavy atom. The maximum absolute atomic E-state index is 12.8. The Balaban J connectivity index is 1.81. The van der Waals surface area contributed by atoms with Gasteiger partial charge in [-0.25, -0.2) is 9.78 Å². The molecule has 0 amide bonds. The fourth-order valence-corrected chi connectivity index (χ4v) is 3.71. The molecule has 0 saturated carbocycles. The number of benzene rings is 1. The van der Waals surface area contributed by atoms with Crippen molar-refractivity contribution in [1.29, 1.82) is 0 Å². The fourth-order valence-electron chi connectivity index (χ4n) is 2.68. The summed E-state index contributed by atoms with van der Waals surface area (Å²) in [6.45, 7) is 6.52. The summed E-state index contributed by atoms with van der Waals surface area (Å²) in [5, 5.41) is 0.469. The zero-order valence-corrected chi connectivity index (χ0v) is 15.8. The molecule has 26 heavy (non-hydrogen) atoms. The van der Waals surface area contributed by atoms with Gasteiger partial charge in [0.2, 0.25) is 0 Å². The molecule has 3 aromatic rings. The third kappa shape index (κ3) is 3.62. The first-order valence-electron chi connectivity index (χ1n) is 8.36. The van der Waals surface area contributed by atoms with Crippen LogP contribution in [0.5, 0.6) is 5.75 Å². The third-order valence-electron chi connectivity index (χ3n) is 3.97. The van der Waals surface area contributed by atoms with Gasteiger partial charge in [0, 0.05) is 0 Å². The number of esters is 1. The van der Waals surface area contributed by atoms with Crippen molar-refractivity contribution in [3.8, 4) is 5.75 Å². The molecule has 2 aromatic heterocycles. The van der Waals surface area contributed by atoms with Gasteiger partial charge in [-0.05, 0) is 44.0 Å². The summed E-state index contributed by atoms with van der Waals surface area (Å²) in [7, 11) is 0. The third-order valence-corrected chi connectivity index (χ3v) is 5.15. The van der Waals surface area contributed by atoms with Crippen molar-refractivity contribution >= 4 is 27.5 Å². The highest BCUT2D eigenvalue weighted by molar-refractivity contribution is 7.20. The van der Waals surface area contributed by atoms with Crippen LogP contribution in [-0.2, 0) is 11.3 Å². The molecule has 0 aliphatic carbocycles. The number of carbonyl (C=O) groups excluding carboxylic acids is 1. The molecular weight excluding hydrogens is 352 g/mol. The topological polar surface area (TPSA) is 70.4 Å². The van der Waals surface area contributed by atoms with Crippen molar-refractivity contribution in [2.45, 2.75) is 27.3 Å². The minimum atomic E-state index is -0.415. The van der Waals surface area contributed by atoms with Crippen molar-refractivity contribution in [2.24, 2.45) is 0 Å². The van der Waals surface area contributed by atoms with E-state index in [2.05, 4.69) is 4.98 Å². The predicted octanol–water partition coefficient (Wildman–Crippen LogP) is 3.33. The van der Waals surface area contributed by atoms with Crippen LogP contribution in [0, 0.1) is 13.8 Å². The highest BCUT2D eigenvalue weighted by Gasteiger charge is 2.20. The lowest BCUT2D eigenvalue weighted by Crippen LogP contribution is -2.23. The van der Waals surface area contributed by atoms with Crippen LogP contribution in [0.4, 0.5) is 0 Å². The Morgan fingerprint density at radius 1 is 1.31 bits per heavy atom. The largest absolute Gasteiger partial charge is 0.492 e. The van der Waals surface area contributed by atoms with Crippen LogP contribution in [0.1, 0.15) is 27.7 Å². The van der Waals surface area contributed by atoms with E-state index in [4.69, 9.17) is 9.47 Å². The molecule has 0 N–H and O–H groups in total. The van der Waals surface area contributed by atoms with Crippen LogP contribution < -0.4 is 10.3 Å². The molecular formula is C19H20N2O4S. The number of carbonyl (C=O) groups is 1. The molecule has 2 heterocycles. The molecule has 7 heteroatoms. The molecule has 0 unspecified atom stereocenters. The number of hydrogen-bond donors (Lipinski definition) is 0. The number of hydrogen-bond acceptors (Lipinski definition) is 6. The van der Waals surface area contributed by atoms with E-state index in [0.717, 1.165) is 11.3 Å². The quantitative estimate of drug-likeness (QED) is 0.621. The Hall–Kier alpha value is -2.67. The van der Waals surface area contributed by atoms with E-state index in [1.165, 1.54) is 22.2 Å². The second-order valence-electron chi connectivity index (χ2n) is 5.86. The average Bonchev–Trinajstić information content (AvgIpc) is 2.95. The van der Waals surface area contributed by atoms with Gasteiger partial charge in [-0.1, -0.05) is 12.1 Å². The Labute approximate surface area is 155 Å². The van der Waals surface area contributed by atoms with Crippen LogP contribution in [0.25, 0.3) is 10.2 Å². The van der Waals surface area contributed by atoms with Gasteiger partial charge in [-0.15, -0.1) is 11.3 Å². The first kappa shape index (κ1) is 18.1. The summed E-state index contributed by atoms with van der Waals surface area (Å²) in [6.07, 6.45) is 1.50. The van der Waals surface area contributed by atoms with Crippen molar-refractivity contribution in [1.82, 2.24) is 9.55 Å². The van der Waals surface area contributed by atoms with Crippen molar-refractivity contribution in [2.75, 3.05) is 13.2 Å². The minimum absolute atomic E-state index is 0.174. The molecule has 0 bridgehead atoms. The van der Waals surface area contributed by atoms with Gasteiger partial charge < -0.3 is 9.47 Å². The number of thiophene rings is 1. The van der Waals surface area contributed by atoms with Crippen LogP contribution in [0.3, 0.4) is 0 Å². The molecule has 0 saturated heterocycles. The smallest absolute Gasteiger partial charge is 0.348 e. The first-order chi connectivity index (χ1) is 12.5. The maximum Gasteiger partial charge on any atom is 0.348 e. The van der Waals surface area contributed by atoms with Crippen molar-refractivity contribution in [3.63, 3.8) is 0 Å². The fraction of sp³-hybridized carbons (Fsp3) is 0.316. The van der Waals surface area contributed by atoms with Crippen molar-refractivity contribution in [3.05, 3.63) is 57.0 Å². The number of ether oxygens (including phenoxy) is 2.